The number of phenols is 1. The molecule has 5 amide bonds. The Kier molecular flexibility index (Phi) is 14.5. The van der Waals surface area contributed by atoms with Crippen LogP contribution in [0.1, 0.15) is 43.7 Å². The molecule has 1 aliphatic heterocycles. The van der Waals surface area contributed by atoms with E-state index in [1.807, 2.05) is 42.5 Å². The van der Waals surface area contributed by atoms with Crippen molar-refractivity contribution in [3.63, 3.8) is 0 Å². The monoisotopic (exact) mass is 743 g/mol. The third-order valence-corrected chi connectivity index (χ3v) is 8.80. The number of aliphatic imine (C=N–C) groups is 2. The Morgan fingerprint density at radius 2 is 1.02 bits per heavy atom. The fourth-order valence-corrected chi connectivity index (χ4v) is 5.93. The smallest absolute Gasteiger partial charge is 0.243 e. The number of hydrogen-bond acceptors (Lipinski definition) is 8. The van der Waals surface area contributed by atoms with Crippen molar-refractivity contribution in [1.82, 2.24) is 26.6 Å². The van der Waals surface area contributed by atoms with Gasteiger partial charge in [0.05, 0.1) is 0 Å². The van der Waals surface area contributed by atoms with E-state index >= 15 is 0 Å². The summed E-state index contributed by atoms with van der Waals surface area (Å²) in [6, 6.07) is 13.6. The maximum absolute atomic E-state index is 14.0. The Balaban J connectivity index is 1.71. The molecule has 0 aromatic heterocycles. The molecule has 1 saturated heterocycles. The predicted octanol–water partition coefficient (Wildman–Crippen LogP) is -1.10. The number of aromatic hydroxyl groups is 1. The van der Waals surface area contributed by atoms with E-state index in [-0.39, 0.29) is 69.3 Å². The standard InChI is InChI=1S/C37H49N11O6/c1-21-31(50)47-30(20-23-10-13-24-6-2-3-7-25(24)18-23)35(54)46-27(8-4-16-42-36(38)39)32(51)45-28(9-5-17-43-37(40)41)33(52)48-29(34(53)44-21)19-22-11-14-26(49)15-12-22/h2-3,6-7,10-15,18,21,27-30,49H,4-5,8-9,16-17,19-20H2,1H3,(H,44,53)(H,45,51)(H,46,54)(H,47,50)(H,48,52)(H4,38,39,42)(H4,40,41,43)/t21-,27+,28-,29-,30+/m1/s1. The number of carbonyl (C=O) groups is 5. The lowest BCUT2D eigenvalue weighted by atomic mass is 10.00. The second-order valence-electron chi connectivity index (χ2n) is 13.1. The molecule has 4 rings (SSSR count). The first kappa shape index (κ1) is 40.4. The van der Waals surface area contributed by atoms with Crippen LogP contribution in [-0.4, -0.2) is 89.9 Å². The highest BCUT2D eigenvalue weighted by atomic mass is 16.3. The van der Waals surface area contributed by atoms with E-state index in [0.717, 1.165) is 16.3 Å². The van der Waals surface area contributed by atoms with Crippen LogP contribution >= 0.6 is 0 Å². The molecule has 0 bridgehead atoms. The van der Waals surface area contributed by atoms with Gasteiger partial charge in [0.2, 0.25) is 29.5 Å². The van der Waals surface area contributed by atoms with Crippen LogP contribution in [0.4, 0.5) is 0 Å². The van der Waals surface area contributed by atoms with Crippen LogP contribution in [0.2, 0.25) is 0 Å². The highest BCUT2D eigenvalue weighted by molar-refractivity contribution is 5.98. The van der Waals surface area contributed by atoms with Gasteiger partial charge in [-0.25, -0.2) is 0 Å². The molecule has 288 valence electrons. The minimum atomic E-state index is -1.21. The van der Waals surface area contributed by atoms with Crippen molar-refractivity contribution >= 4 is 52.2 Å². The molecular weight excluding hydrogens is 694 g/mol. The molecule has 17 nitrogen and oxygen atoms in total. The molecule has 1 aliphatic rings. The molecule has 0 saturated carbocycles. The number of nitrogens with zero attached hydrogens (tertiary/aromatic N) is 2. The summed E-state index contributed by atoms with van der Waals surface area (Å²) in [5.41, 5.74) is 23.2. The summed E-state index contributed by atoms with van der Waals surface area (Å²) in [5, 5.41) is 25.3. The average molecular weight is 744 g/mol. The molecule has 3 aromatic rings. The van der Waals surface area contributed by atoms with Crippen molar-refractivity contribution in [3.8, 4) is 5.75 Å². The van der Waals surface area contributed by atoms with E-state index < -0.39 is 59.7 Å². The molecule has 0 spiro atoms. The average Bonchev–Trinajstić information content (AvgIpc) is 3.13. The number of carbonyl (C=O) groups excluding carboxylic acids is 5. The third-order valence-electron chi connectivity index (χ3n) is 8.80. The summed E-state index contributed by atoms with van der Waals surface area (Å²) >= 11 is 0. The lowest BCUT2D eigenvalue weighted by molar-refractivity contribution is -0.134. The van der Waals surface area contributed by atoms with Gasteiger partial charge < -0.3 is 54.6 Å². The molecular formula is C37H49N11O6. The van der Waals surface area contributed by atoms with Crippen LogP contribution in [0.25, 0.3) is 10.8 Å². The van der Waals surface area contributed by atoms with E-state index in [0.29, 0.717) is 5.56 Å². The fraction of sp³-hybridized carbons (Fsp3) is 0.378. The van der Waals surface area contributed by atoms with E-state index in [4.69, 9.17) is 22.9 Å². The van der Waals surface area contributed by atoms with Crippen molar-refractivity contribution in [2.24, 2.45) is 32.9 Å². The summed E-state index contributed by atoms with van der Waals surface area (Å²) in [6.07, 6.45) is 0.742. The zero-order chi connectivity index (χ0) is 39.2. The summed E-state index contributed by atoms with van der Waals surface area (Å²) in [7, 11) is 0. The van der Waals surface area contributed by atoms with Crippen LogP contribution in [0.5, 0.6) is 5.75 Å². The van der Waals surface area contributed by atoms with Crippen molar-refractivity contribution < 1.29 is 29.1 Å². The van der Waals surface area contributed by atoms with Crippen molar-refractivity contribution in [2.45, 2.75) is 75.7 Å². The number of guanidine groups is 2. The van der Waals surface area contributed by atoms with Gasteiger partial charge in [-0.05, 0) is 66.6 Å². The van der Waals surface area contributed by atoms with Crippen molar-refractivity contribution in [1.29, 1.82) is 0 Å². The van der Waals surface area contributed by atoms with E-state index in [1.165, 1.54) is 19.1 Å². The Hall–Kier alpha value is -6.39. The maximum Gasteiger partial charge on any atom is 0.243 e. The van der Waals surface area contributed by atoms with Gasteiger partial charge in [-0.3, -0.25) is 34.0 Å². The number of amides is 5. The Morgan fingerprint density at radius 3 is 1.57 bits per heavy atom. The van der Waals surface area contributed by atoms with Crippen LogP contribution in [0.3, 0.4) is 0 Å². The first-order valence-electron chi connectivity index (χ1n) is 17.7. The van der Waals surface area contributed by atoms with Crippen LogP contribution in [-0.2, 0) is 36.8 Å². The highest BCUT2D eigenvalue weighted by Crippen LogP contribution is 2.18. The molecule has 0 aliphatic carbocycles. The molecule has 14 N–H and O–H groups in total. The van der Waals surface area contributed by atoms with Gasteiger partial charge in [-0.2, -0.15) is 0 Å². The number of rotatable bonds is 12. The summed E-state index contributed by atoms with van der Waals surface area (Å²) in [4.78, 5) is 77.2. The van der Waals surface area contributed by atoms with E-state index in [1.54, 1.807) is 12.1 Å². The highest BCUT2D eigenvalue weighted by Gasteiger charge is 2.33. The van der Waals surface area contributed by atoms with Gasteiger partial charge in [-0.1, -0.05) is 54.6 Å². The Morgan fingerprint density at radius 1 is 0.574 bits per heavy atom. The van der Waals surface area contributed by atoms with Crippen molar-refractivity contribution in [3.05, 3.63) is 77.9 Å². The molecule has 0 unspecified atom stereocenters. The number of hydrogen-bond donors (Lipinski definition) is 10. The minimum Gasteiger partial charge on any atom is -0.508 e. The van der Waals surface area contributed by atoms with Crippen LogP contribution in [0.15, 0.2) is 76.7 Å². The molecule has 5 atom stereocenters. The number of nitrogens with one attached hydrogen (secondary N) is 5. The molecule has 3 aromatic carbocycles. The van der Waals surface area contributed by atoms with Crippen molar-refractivity contribution in [2.75, 3.05) is 13.1 Å². The van der Waals surface area contributed by atoms with E-state index in [2.05, 4.69) is 36.6 Å². The summed E-state index contributed by atoms with van der Waals surface area (Å²) < 4.78 is 0. The topological polar surface area (TPSA) is 295 Å². The SMILES string of the molecule is C[C@H]1NC(=O)[C@@H](Cc2ccc(O)cc2)NC(=O)[C@@H](CCCN=C(N)N)NC(=O)[C@H](CCCN=C(N)N)NC(=O)[C@H](Cc2ccc3ccccc3c2)NC1=O. The Bertz CT molecular complexity index is 1860. The van der Waals surface area contributed by atoms with Gasteiger partial charge in [0.15, 0.2) is 11.9 Å². The van der Waals surface area contributed by atoms with Crippen LogP contribution in [0, 0.1) is 0 Å². The number of benzene rings is 3. The Labute approximate surface area is 312 Å². The normalized spacial score (nSPS) is 21.3. The maximum atomic E-state index is 14.0. The largest absolute Gasteiger partial charge is 0.508 e. The lowest BCUT2D eigenvalue weighted by Gasteiger charge is -2.26. The predicted molar refractivity (Wildman–Crippen MR) is 205 cm³/mol. The second-order valence-corrected chi connectivity index (χ2v) is 13.1. The molecule has 0 radical (unpaired) electrons. The van der Waals surface area contributed by atoms with Gasteiger partial charge in [-0.15, -0.1) is 0 Å². The number of phenolic OH excluding ortho intramolecular Hbond substituents is 1. The zero-order valence-corrected chi connectivity index (χ0v) is 30.1. The lowest BCUT2D eigenvalue weighted by Crippen LogP contribution is -2.58. The van der Waals surface area contributed by atoms with Gasteiger partial charge in [0, 0.05) is 25.9 Å². The van der Waals surface area contributed by atoms with E-state index in [9.17, 15) is 29.1 Å². The summed E-state index contributed by atoms with van der Waals surface area (Å²) in [5.74, 6) is -3.67. The van der Waals surface area contributed by atoms with Gasteiger partial charge >= 0.3 is 0 Å². The summed E-state index contributed by atoms with van der Waals surface area (Å²) in [6.45, 7) is 1.77. The number of fused-ring (bicyclic) bond motifs is 1. The minimum absolute atomic E-state index is 0.0115. The first-order valence-corrected chi connectivity index (χ1v) is 17.7. The van der Waals surface area contributed by atoms with Gasteiger partial charge in [0.25, 0.3) is 0 Å². The number of nitrogens with two attached hydrogens (primary N) is 4. The molecule has 17 heteroatoms. The quantitative estimate of drug-likeness (QED) is 0.0607. The van der Waals surface area contributed by atoms with Gasteiger partial charge in [0.1, 0.15) is 36.0 Å². The molecule has 54 heavy (non-hydrogen) atoms. The first-order chi connectivity index (χ1) is 25.8. The second kappa shape index (κ2) is 19.4. The molecule has 1 heterocycles. The third kappa shape index (κ3) is 12.4. The fourth-order valence-electron chi connectivity index (χ4n) is 5.93. The molecule has 1 fully saturated rings. The van der Waals surface area contributed by atoms with Crippen LogP contribution < -0.4 is 49.5 Å². The zero-order valence-electron chi connectivity index (χ0n) is 30.1.